The largest absolute Gasteiger partial charge is 0.339 e. The lowest BCUT2D eigenvalue weighted by Crippen LogP contribution is -2.39. The molecule has 0 aliphatic rings. The van der Waals surface area contributed by atoms with Crippen LogP contribution in [0.2, 0.25) is 0 Å². The number of benzene rings is 2. The Morgan fingerprint density at radius 2 is 1.58 bits per heavy atom. The number of anilines is 2. The van der Waals surface area contributed by atoms with Gasteiger partial charge in [0.1, 0.15) is 5.82 Å². The van der Waals surface area contributed by atoms with E-state index < -0.39 is 23.5 Å². The van der Waals surface area contributed by atoms with Crippen molar-refractivity contribution in [2.75, 3.05) is 17.2 Å². The normalized spacial score (nSPS) is 9.92. The molecule has 0 aliphatic heterocycles. The maximum atomic E-state index is 12.8. The molecule has 24 heavy (non-hydrogen) atoms. The van der Waals surface area contributed by atoms with Crippen molar-refractivity contribution in [3.05, 3.63) is 59.9 Å². The number of nitrogens with one attached hydrogen (secondary N) is 3. The van der Waals surface area contributed by atoms with E-state index in [1.165, 1.54) is 12.1 Å². The van der Waals surface area contributed by atoms with Crippen molar-refractivity contribution in [2.24, 2.45) is 0 Å². The van der Waals surface area contributed by atoms with Crippen LogP contribution in [0, 0.1) is 12.7 Å². The summed E-state index contributed by atoms with van der Waals surface area (Å²) in [6, 6.07) is 12.1. The van der Waals surface area contributed by atoms with E-state index in [1.54, 1.807) is 12.1 Å². The van der Waals surface area contributed by atoms with Crippen LogP contribution >= 0.6 is 0 Å². The summed E-state index contributed by atoms with van der Waals surface area (Å²) in [6.45, 7) is 1.49. The average Bonchev–Trinajstić information content (AvgIpc) is 2.57. The number of aryl methyl sites for hydroxylation is 1. The van der Waals surface area contributed by atoms with Gasteiger partial charge in [-0.1, -0.05) is 18.2 Å². The molecule has 0 unspecified atom stereocenters. The van der Waals surface area contributed by atoms with Gasteiger partial charge in [0.25, 0.3) is 0 Å². The molecule has 2 aromatic rings. The lowest BCUT2D eigenvalue weighted by molar-refractivity contribution is -0.136. The summed E-state index contributed by atoms with van der Waals surface area (Å²) in [5.41, 5.74) is 1.79. The molecule has 0 saturated heterocycles. The summed E-state index contributed by atoms with van der Waals surface area (Å²) >= 11 is 0. The van der Waals surface area contributed by atoms with Gasteiger partial charge in [-0.15, -0.1) is 0 Å². The first-order valence-corrected chi connectivity index (χ1v) is 7.16. The molecule has 0 spiro atoms. The Morgan fingerprint density at radius 3 is 2.25 bits per heavy atom. The van der Waals surface area contributed by atoms with Crippen LogP contribution in [-0.4, -0.2) is 24.3 Å². The van der Waals surface area contributed by atoms with Crippen molar-refractivity contribution in [3.8, 4) is 0 Å². The predicted octanol–water partition coefficient (Wildman–Crippen LogP) is 1.83. The fraction of sp³-hybridized carbons (Fsp3) is 0.118. The molecule has 124 valence electrons. The number of hydrogen-bond donors (Lipinski definition) is 3. The van der Waals surface area contributed by atoms with Crippen molar-refractivity contribution in [1.29, 1.82) is 0 Å². The van der Waals surface area contributed by atoms with Gasteiger partial charge in [0.05, 0.1) is 6.54 Å². The van der Waals surface area contributed by atoms with Gasteiger partial charge in [0.2, 0.25) is 5.91 Å². The molecule has 3 N–H and O–H groups in total. The van der Waals surface area contributed by atoms with E-state index in [1.807, 2.05) is 19.1 Å². The quantitative estimate of drug-likeness (QED) is 0.748. The van der Waals surface area contributed by atoms with Gasteiger partial charge in [-0.25, -0.2) is 4.39 Å². The number of carbonyl (C=O) groups excluding carboxylic acids is 3. The van der Waals surface area contributed by atoms with E-state index in [2.05, 4.69) is 16.0 Å². The van der Waals surface area contributed by atoms with Crippen LogP contribution in [0.15, 0.2) is 48.5 Å². The smallest absolute Gasteiger partial charge is 0.313 e. The maximum Gasteiger partial charge on any atom is 0.313 e. The van der Waals surface area contributed by atoms with Gasteiger partial charge >= 0.3 is 11.8 Å². The van der Waals surface area contributed by atoms with Crippen LogP contribution in [0.3, 0.4) is 0 Å². The fourth-order valence-electron chi connectivity index (χ4n) is 1.87. The molecule has 0 aliphatic carbocycles. The van der Waals surface area contributed by atoms with Gasteiger partial charge in [-0.05, 0) is 42.8 Å². The van der Waals surface area contributed by atoms with Crippen molar-refractivity contribution >= 4 is 29.1 Å². The molecule has 0 heterocycles. The first kappa shape index (κ1) is 17.1. The third kappa shape index (κ3) is 4.91. The minimum absolute atomic E-state index is 0.279. The van der Waals surface area contributed by atoms with Crippen molar-refractivity contribution in [2.45, 2.75) is 6.92 Å². The number of para-hydroxylation sites is 1. The van der Waals surface area contributed by atoms with E-state index in [4.69, 9.17) is 0 Å². The number of carbonyl (C=O) groups is 3. The Morgan fingerprint density at radius 1 is 0.917 bits per heavy atom. The van der Waals surface area contributed by atoms with Gasteiger partial charge in [0.15, 0.2) is 0 Å². The highest BCUT2D eigenvalue weighted by atomic mass is 19.1. The molecular weight excluding hydrogens is 313 g/mol. The molecular formula is C17H16FN3O3. The van der Waals surface area contributed by atoms with Gasteiger partial charge in [-0.2, -0.15) is 0 Å². The molecule has 0 saturated carbocycles. The first-order valence-electron chi connectivity index (χ1n) is 7.16. The number of hydrogen-bond acceptors (Lipinski definition) is 3. The SMILES string of the molecule is Cc1ccccc1NC(=O)CNC(=O)C(=O)Nc1ccc(F)cc1. The molecule has 0 bridgehead atoms. The summed E-state index contributed by atoms with van der Waals surface area (Å²) in [6.07, 6.45) is 0. The van der Waals surface area contributed by atoms with Crippen LogP contribution in [0.1, 0.15) is 5.56 Å². The second-order valence-corrected chi connectivity index (χ2v) is 5.01. The molecule has 2 aromatic carbocycles. The van der Waals surface area contributed by atoms with Crippen LogP contribution in [0.5, 0.6) is 0 Å². The predicted molar refractivity (Wildman–Crippen MR) is 87.8 cm³/mol. The summed E-state index contributed by atoms with van der Waals surface area (Å²) in [5.74, 6) is -2.80. The minimum Gasteiger partial charge on any atom is -0.339 e. The Kier molecular flexibility index (Phi) is 5.62. The summed E-state index contributed by atoms with van der Waals surface area (Å²) in [5, 5.41) is 7.15. The Balaban J connectivity index is 1.81. The molecule has 3 amide bonds. The summed E-state index contributed by atoms with van der Waals surface area (Å²) in [4.78, 5) is 35.1. The van der Waals surface area contributed by atoms with Crippen LogP contribution in [0.4, 0.5) is 15.8 Å². The van der Waals surface area contributed by atoms with Gasteiger partial charge in [0, 0.05) is 11.4 Å². The fourth-order valence-corrected chi connectivity index (χ4v) is 1.87. The lowest BCUT2D eigenvalue weighted by atomic mass is 10.2. The zero-order valence-electron chi connectivity index (χ0n) is 12.9. The van der Waals surface area contributed by atoms with E-state index >= 15 is 0 Å². The van der Waals surface area contributed by atoms with Crippen LogP contribution in [0.25, 0.3) is 0 Å². The van der Waals surface area contributed by atoms with Gasteiger partial charge < -0.3 is 16.0 Å². The maximum absolute atomic E-state index is 12.8. The monoisotopic (exact) mass is 329 g/mol. The lowest BCUT2D eigenvalue weighted by Gasteiger charge is -2.09. The minimum atomic E-state index is -0.959. The van der Waals surface area contributed by atoms with Gasteiger partial charge in [-0.3, -0.25) is 14.4 Å². The topological polar surface area (TPSA) is 87.3 Å². The number of halogens is 1. The molecule has 6 nitrogen and oxygen atoms in total. The van der Waals surface area contributed by atoms with Crippen molar-refractivity contribution < 1.29 is 18.8 Å². The Bertz CT molecular complexity index is 760. The standard InChI is InChI=1S/C17H16FN3O3/c1-11-4-2-3-5-14(11)21-15(22)10-19-16(23)17(24)20-13-8-6-12(18)7-9-13/h2-9H,10H2,1H3,(H,19,23)(H,20,24)(H,21,22). The molecule has 0 fully saturated rings. The van der Waals surface area contributed by atoms with E-state index in [0.29, 0.717) is 5.69 Å². The molecule has 0 radical (unpaired) electrons. The highest BCUT2D eigenvalue weighted by Gasteiger charge is 2.15. The molecule has 2 rings (SSSR count). The van der Waals surface area contributed by atoms with E-state index in [9.17, 15) is 18.8 Å². The Labute approximate surface area is 138 Å². The van der Waals surface area contributed by atoms with E-state index in [-0.39, 0.29) is 12.2 Å². The molecule has 0 atom stereocenters. The third-order valence-corrected chi connectivity index (χ3v) is 3.14. The average molecular weight is 329 g/mol. The number of amides is 3. The van der Waals surface area contributed by atoms with Crippen molar-refractivity contribution in [3.63, 3.8) is 0 Å². The zero-order valence-corrected chi connectivity index (χ0v) is 12.9. The highest BCUT2D eigenvalue weighted by molar-refractivity contribution is 6.39. The molecule has 7 heteroatoms. The Hall–Kier alpha value is -3.22. The third-order valence-electron chi connectivity index (χ3n) is 3.14. The second kappa shape index (κ2) is 7.87. The zero-order chi connectivity index (χ0) is 17.5. The van der Waals surface area contributed by atoms with Crippen LogP contribution in [-0.2, 0) is 14.4 Å². The first-order chi connectivity index (χ1) is 11.5. The number of rotatable bonds is 4. The van der Waals surface area contributed by atoms with Crippen molar-refractivity contribution in [1.82, 2.24) is 5.32 Å². The van der Waals surface area contributed by atoms with Crippen LogP contribution < -0.4 is 16.0 Å². The van der Waals surface area contributed by atoms with E-state index in [0.717, 1.165) is 17.7 Å². The summed E-state index contributed by atoms with van der Waals surface area (Å²) in [7, 11) is 0. The molecule has 0 aromatic heterocycles. The highest BCUT2D eigenvalue weighted by Crippen LogP contribution is 2.12. The second-order valence-electron chi connectivity index (χ2n) is 5.01. The summed E-state index contributed by atoms with van der Waals surface area (Å²) < 4.78 is 12.8.